The summed E-state index contributed by atoms with van der Waals surface area (Å²) in [5, 5.41) is 0.930. The molecule has 0 aliphatic heterocycles. The number of imidazole rings is 1. The first kappa shape index (κ1) is 14.0. The number of aromatic amines is 1. The molecule has 0 unspecified atom stereocenters. The fraction of sp³-hybridized carbons (Fsp3) is 0.0556. The van der Waals surface area contributed by atoms with Gasteiger partial charge in [-0.05, 0) is 16.7 Å². The summed E-state index contributed by atoms with van der Waals surface area (Å²) in [6, 6.07) is 19.1. The summed E-state index contributed by atoms with van der Waals surface area (Å²) in [4.78, 5) is 15.7. The van der Waals surface area contributed by atoms with Crippen LogP contribution in [0.4, 0.5) is 0 Å². The molecule has 0 fully saturated rings. The van der Waals surface area contributed by atoms with E-state index in [0.717, 1.165) is 16.3 Å². The van der Waals surface area contributed by atoms with Crippen LogP contribution in [-0.2, 0) is 5.75 Å². The van der Waals surface area contributed by atoms with E-state index in [1.807, 2.05) is 6.07 Å². The second-order valence-electron chi connectivity index (χ2n) is 5.13. The fourth-order valence-corrected chi connectivity index (χ4v) is 3.34. The van der Waals surface area contributed by atoms with Gasteiger partial charge in [0.2, 0.25) is 0 Å². The molecule has 2 aromatic heterocycles. The Labute approximate surface area is 138 Å². The maximum absolute atomic E-state index is 4.34. The highest BCUT2D eigenvalue weighted by atomic mass is 32.2. The van der Waals surface area contributed by atoms with Crippen LogP contribution in [0, 0.1) is 0 Å². The van der Waals surface area contributed by atoms with Gasteiger partial charge in [-0.1, -0.05) is 66.4 Å². The van der Waals surface area contributed by atoms with Crippen LogP contribution in [0.25, 0.3) is 22.3 Å². The highest BCUT2D eigenvalue weighted by molar-refractivity contribution is 7.98. The van der Waals surface area contributed by atoms with Crippen molar-refractivity contribution in [1.29, 1.82) is 0 Å². The number of hydrogen-bond acceptors (Lipinski definition) is 4. The Morgan fingerprint density at radius 2 is 1.61 bits per heavy atom. The number of nitrogens with one attached hydrogen (secondary N) is 1. The first-order valence-electron chi connectivity index (χ1n) is 7.31. The van der Waals surface area contributed by atoms with Crippen LogP contribution >= 0.6 is 11.8 Å². The van der Waals surface area contributed by atoms with Gasteiger partial charge < -0.3 is 4.98 Å². The number of rotatable bonds is 4. The average molecular weight is 318 g/mol. The van der Waals surface area contributed by atoms with Gasteiger partial charge >= 0.3 is 0 Å². The smallest absolute Gasteiger partial charge is 0.181 e. The van der Waals surface area contributed by atoms with Crippen molar-refractivity contribution >= 4 is 22.9 Å². The summed E-state index contributed by atoms with van der Waals surface area (Å²) in [5.41, 5.74) is 5.35. The van der Waals surface area contributed by atoms with E-state index in [9.17, 15) is 0 Å². The van der Waals surface area contributed by atoms with Crippen molar-refractivity contribution in [3.63, 3.8) is 0 Å². The molecule has 0 aliphatic carbocycles. The summed E-state index contributed by atoms with van der Waals surface area (Å²) < 4.78 is 0. The lowest BCUT2D eigenvalue weighted by Crippen LogP contribution is -1.87. The molecule has 2 aromatic carbocycles. The molecule has 0 spiro atoms. The molecule has 0 saturated heterocycles. The zero-order valence-corrected chi connectivity index (χ0v) is 13.1. The van der Waals surface area contributed by atoms with Crippen LogP contribution in [0.2, 0.25) is 0 Å². The van der Waals surface area contributed by atoms with Gasteiger partial charge in [0.15, 0.2) is 5.65 Å². The highest BCUT2D eigenvalue weighted by Crippen LogP contribution is 2.26. The zero-order chi connectivity index (χ0) is 15.5. The van der Waals surface area contributed by atoms with Crippen LogP contribution in [0.5, 0.6) is 0 Å². The molecule has 5 heteroatoms. The van der Waals surface area contributed by atoms with Crippen LogP contribution < -0.4 is 0 Å². The van der Waals surface area contributed by atoms with Crippen molar-refractivity contribution in [2.45, 2.75) is 10.8 Å². The maximum Gasteiger partial charge on any atom is 0.181 e. The topological polar surface area (TPSA) is 54.5 Å². The molecule has 4 rings (SSSR count). The normalized spacial score (nSPS) is 11.0. The Bertz CT molecular complexity index is 917. The molecule has 0 aliphatic rings. The molecule has 0 bridgehead atoms. The van der Waals surface area contributed by atoms with Gasteiger partial charge in [0.05, 0.1) is 6.33 Å². The molecule has 4 aromatic rings. The lowest BCUT2D eigenvalue weighted by atomic mass is 10.0. The van der Waals surface area contributed by atoms with Crippen LogP contribution in [0.3, 0.4) is 0 Å². The molecule has 112 valence electrons. The fourth-order valence-electron chi connectivity index (χ4n) is 2.43. The molecular formula is C18H14N4S. The van der Waals surface area contributed by atoms with Crippen molar-refractivity contribution in [2.24, 2.45) is 0 Å². The Morgan fingerprint density at radius 3 is 2.43 bits per heavy atom. The number of thioether (sulfide) groups is 1. The maximum atomic E-state index is 4.34. The van der Waals surface area contributed by atoms with E-state index in [1.165, 1.54) is 16.7 Å². The molecule has 0 saturated carbocycles. The van der Waals surface area contributed by atoms with Crippen molar-refractivity contribution in [1.82, 2.24) is 19.9 Å². The number of nitrogens with zero attached hydrogens (tertiary/aromatic N) is 3. The monoisotopic (exact) mass is 318 g/mol. The minimum Gasteiger partial charge on any atom is -0.341 e. The largest absolute Gasteiger partial charge is 0.341 e. The van der Waals surface area contributed by atoms with E-state index in [-0.39, 0.29) is 0 Å². The molecule has 1 N–H and O–H groups in total. The minimum atomic E-state index is 0.710. The van der Waals surface area contributed by atoms with Crippen LogP contribution in [0.15, 0.2) is 72.3 Å². The third kappa shape index (κ3) is 2.96. The lowest BCUT2D eigenvalue weighted by molar-refractivity contribution is 1.08. The van der Waals surface area contributed by atoms with Crippen molar-refractivity contribution in [3.8, 4) is 11.1 Å². The number of H-pyrrole nitrogens is 1. The lowest BCUT2D eigenvalue weighted by Gasteiger charge is -2.05. The SMILES string of the molecule is c1ccc(-c2ccc(CSc3ncnc4nc[nH]c34)cc2)cc1. The van der Waals surface area contributed by atoms with Gasteiger partial charge in [-0.3, -0.25) is 0 Å². The first-order valence-corrected chi connectivity index (χ1v) is 8.30. The van der Waals surface area contributed by atoms with Crippen LogP contribution in [0.1, 0.15) is 5.56 Å². The van der Waals surface area contributed by atoms with E-state index >= 15 is 0 Å². The highest BCUT2D eigenvalue weighted by Gasteiger charge is 2.06. The van der Waals surface area contributed by atoms with Gasteiger partial charge in [-0.15, -0.1) is 0 Å². The van der Waals surface area contributed by atoms with Gasteiger partial charge in [-0.2, -0.15) is 0 Å². The zero-order valence-electron chi connectivity index (χ0n) is 12.3. The van der Waals surface area contributed by atoms with Crippen molar-refractivity contribution < 1.29 is 0 Å². The number of hydrogen-bond donors (Lipinski definition) is 1. The minimum absolute atomic E-state index is 0.710. The quantitative estimate of drug-likeness (QED) is 0.450. The van der Waals surface area contributed by atoms with Gasteiger partial charge in [0.25, 0.3) is 0 Å². The average Bonchev–Trinajstić information content (AvgIpc) is 3.10. The number of fused-ring (bicyclic) bond motifs is 1. The summed E-state index contributed by atoms with van der Waals surface area (Å²) in [7, 11) is 0. The van der Waals surface area contributed by atoms with Crippen LogP contribution in [-0.4, -0.2) is 19.9 Å². The summed E-state index contributed by atoms with van der Waals surface area (Å²) >= 11 is 1.69. The molecule has 4 nitrogen and oxygen atoms in total. The Morgan fingerprint density at radius 1 is 0.826 bits per heavy atom. The summed E-state index contributed by atoms with van der Waals surface area (Å²) in [5.74, 6) is 0.861. The second kappa shape index (κ2) is 6.22. The van der Waals surface area contributed by atoms with E-state index in [4.69, 9.17) is 0 Å². The number of benzene rings is 2. The Balaban J connectivity index is 1.50. The van der Waals surface area contributed by atoms with Gasteiger partial charge in [-0.25, -0.2) is 15.0 Å². The third-order valence-electron chi connectivity index (χ3n) is 3.62. The van der Waals surface area contributed by atoms with Crippen molar-refractivity contribution in [2.75, 3.05) is 0 Å². The molecule has 0 radical (unpaired) electrons. The van der Waals surface area contributed by atoms with E-state index < -0.39 is 0 Å². The molecule has 0 amide bonds. The van der Waals surface area contributed by atoms with E-state index in [0.29, 0.717) is 5.65 Å². The van der Waals surface area contributed by atoms with Gasteiger partial charge in [0.1, 0.15) is 16.9 Å². The second-order valence-corrected chi connectivity index (χ2v) is 6.10. The molecule has 0 atom stereocenters. The standard InChI is InChI=1S/C18H14N4S/c1-2-4-14(5-3-1)15-8-6-13(7-9-15)10-23-18-16-17(20-11-19-16)21-12-22-18/h1-9,11-12H,10H2,(H,19,20,21,22). The third-order valence-corrected chi connectivity index (χ3v) is 4.69. The Kier molecular flexibility index (Phi) is 3.78. The number of aromatic nitrogens is 4. The molecular weight excluding hydrogens is 304 g/mol. The summed E-state index contributed by atoms with van der Waals surface area (Å²) in [6.45, 7) is 0. The van der Waals surface area contributed by atoms with E-state index in [1.54, 1.807) is 24.4 Å². The summed E-state index contributed by atoms with van der Waals surface area (Å²) in [6.07, 6.45) is 3.21. The van der Waals surface area contributed by atoms with E-state index in [2.05, 4.69) is 68.5 Å². The predicted molar refractivity (Wildman–Crippen MR) is 93.1 cm³/mol. The first-order chi connectivity index (χ1) is 11.4. The van der Waals surface area contributed by atoms with Crippen molar-refractivity contribution in [3.05, 3.63) is 72.8 Å². The molecule has 23 heavy (non-hydrogen) atoms. The molecule has 2 heterocycles. The predicted octanol–water partition coefficient (Wildman–Crippen LogP) is 4.31. The Hall–Kier alpha value is -2.66. The van der Waals surface area contributed by atoms with Gasteiger partial charge in [0, 0.05) is 5.75 Å².